The number of hydrogen-bond acceptors (Lipinski definition) is 6. The van der Waals surface area contributed by atoms with Crippen molar-refractivity contribution in [2.24, 2.45) is 5.92 Å². The number of hydrogen-bond donors (Lipinski definition) is 0. The summed E-state index contributed by atoms with van der Waals surface area (Å²) in [6, 6.07) is 7.08. The van der Waals surface area contributed by atoms with Gasteiger partial charge in [0.2, 0.25) is 0 Å². The average Bonchev–Trinajstić information content (AvgIpc) is 3.15. The van der Waals surface area contributed by atoms with Crippen molar-refractivity contribution in [2.45, 2.75) is 63.4 Å². The van der Waals surface area contributed by atoms with E-state index in [0.717, 1.165) is 41.1 Å². The van der Waals surface area contributed by atoms with Crippen LogP contribution in [-0.2, 0) is 25.1 Å². The molecular weight excluding hydrogens is 440 g/mol. The van der Waals surface area contributed by atoms with Crippen LogP contribution in [0.2, 0.25) is 0 Å². The monoisotopic (exact) mass is 466 g/mol. The van der Waals surface area contributed by atoms with Gasteiger partial charge in [0.1, 0.15) is 10.5 Å². The normalized spacial score (nSPS) is 13.8. The molecule has 0 unspecified atom stereocenters. The van der Waals surface area contributed by atoms with Crippen LogP contribution in [0.25, 0.3) is 15.9 Å². The first-order chi connectivity index (χ1) is 15.5. The summed E-state index contributed by atoms with van der Waals surface area (Å²) >= 11 is 3.17. The molecule has 0 spiro atoms. The first-order valence-electron chi connectivity index (χ1n) is 11.2. The Bertz CT molecular complexity index is 1420. The smallest absolute Gasteiger partial charge is 0.263 e. The fourth-order valence-corrected chi connectivity index (χ4v) is 6.45. The molecule has 4 aromatic heterocycles. The second-order valence-corrected chi connectivity index (χ2v) is 10.8. The summed E-state index contributed by atoms with van der Waals surface area (Å²) in [6.45, 7) is 4.99. The SMILES string of the molecule is CC(C)CCn1c(SCc2cc(=O)n3ccccc3n2)nc2sc3c(c2c1=O)CCCC3. The highest BCUT2D eigenvalue weighted by atomic mass is 32.2. The van der Waals surface area contributed by atoms with Gasteiger partial charge in [-0.15, -0.1) is 11.3 Å². The van der Waals surface area contributed by atoms with Gasteiger partial charge in [0.25, 0.3) is 11.1 Å². The first kappa shape index (κ1) is 21.4. The first-order valence-corrected chi connectivity index (χ1v) is 13.0. The van der Waals surface area contributed by atoms with Crippen LogP contribution in [0.4, 0.5) is 0 Å². The molecule has 0 amide bonds. The van der Waals surface area contributed by atoms with Crippen molar-refractivity contribution in [3.8, 4) is 0 Å². The molecule has 1 aliphatic rings. The fourth-order valence-electron chi connectivity index (χ4n) is 4.23. The number of rotatable bonds is 6. The number of aryl methyl sites for hydroxylation is 2. The zero-order valence-electron chi connectivity index (χ0n) is 18.3. The highest BCUT2D eigenvalue weighted by molar-refractivity contribution is 7.98. The Morgan fingerprint density at radius 1 is 1.16 bits per heavy atom. The van der Waals surface area contributed by atoms with E-state index in [4.69, 9.17) is 4.98 Å². The van der Waals surface area contributed by atoms with Crippen LogP contribution < -0.4 is 11.1 Å². The van der Waals surface area contributed by atoms with Gasteiger partial charge in [-0.05, 0) is 55.7 Å². The average molecular weight is 467 g/mol. The Balaban J connectivity index is 1.54. The molecule has 6 nitrogen and oxygen atoms in total. The van der Waals surface area contributed by atoms with Gasteiger partial charge in [-0.3, -0.25) is 18.6 Å². The van der Waals surface area contributed by atoms with E-state index < -0.39 is 0 Å². The minimum Gasteiger partial charge on any atom is -0.287 e. The van der Waals surface area contributed by atoms with Gasteiger partial charge in [-0.25, -0.2) is 9.97 Å². The van der Waals surface area contributed by atoms with Gasteiger partial charge in [0, 0.05) is 29.4 Å². The third-order valence-electron chi connectivity index (χ3n) is 5.94. The van der Waals surface area contributed by atoms with Crippen molar-refractivity contribution in [2.75, 3.05) is 0 Å². The molecule has 0 aliphatic heterocycles. The van der Waals surface area contributed by atoms with E-state index in [0.29, 0.717) is 29.6 Å². The van der Waals surface area contributed by atoms with Gasteiger partial charge < -0.3 is 0 Å². The van der Waals surface area contributed by atoms with E-state index in [1.165, 1.54) is 33.0 Å². The molecule has 0 fully saturated rings. The minimum atomic E-state index is -0.0993. The lowest BCUT2D eigenvalue weighted by molar-refractivity contribution is 0.481. The zero-order valence-corrected chi connectivity index (χ0v) is 20.0. The van der Waals surface area contributed by atoms with Gasteiger partial charge in [-0.1, -0.05) is 31.7 Å². The Hall–Kier alpha value is -2.45. The third-order valence-corrected chi connectivity index (χ3v) is 8.14. The standard InChI is InChI=1S/C24H26N4O2S2/c1-15(2)10-12-28-23(30)21-17-7-3-4-8-18(17)32-22(21)26-24(28)31-14-16-13-20(29)27-11-6-5-9-19(27)25-16/h5-6,9,11,13,15H,3-4,7-8,10,12,14H2,1-2H3. The molecule has 5 rings (SSSR count). The Kier molecular flexibility index (Phi) is 5.90. The van der Waals surface area contributed by atoms with Crippen molar-refractivity contribution in [3.05, 3.63) is 67.3 Å². The Morgan fingerprint density at radius 3 is 2.84 bits per heavy atom. The number of thioether (sulfide) groups is 1. The molecule has 0 aromatic carbocycles. The summed E-state index contributed by atoms with van der Waals surface area (Å²) < 4.78 is 3.38. The van der Waals surface area contributed by atoms with Crippen LogP contribution in [0.1, 0.15) is 49.2 Å². The summed E-state index contributed by atoms with van der Waals surface area (Å²) in [6.07, 6.45) is 7.00. The van der Waals surface area contributed by atoms with E-state index >= 15 is 0 Å². The van der Waals surface area contributed by atoms with Crippen molar-refractivity contribution < 1.29 is 0 Å². The Morgan fingerprint density at radius 2 is 2.00 bits per heavy atom. The van der Waals surface area contributed by atoms with Crippen LogP contribution >= 0.6 is 23.1 Å². The molecule has 166 valence electrons. The highest BCUT2D eigenvalue weighted by Gasteiger charge is 2.22. The molecule has 0 saturated heterocycles. The summed E-state index contributed by atoms with van der Waals surface area (Å²) in [7, 11) is 0. The maximum atomic E-state index is 13.6. The van der Waals surface area contributed by atoms with E-state index in [1.54, 1.807) is 23.6 Å². The molecule has 4 aromatic rings. The number of aromatic nitrogens is 4. The van der Waals surface area contributed by atoms with Crippen molar-refractivity contribution >= 4 is 39.0 Å². The van der Waals surface area contributed by atoms with Crippen LogP contribution in [0, 0.1) is 5.92 Å². The zero-order chi connectivity index (χ0) is 22.2. The number of thiophene rings is 1. The van der Waals surface area contributed by atoms with Crippen LogP contribution in [0.5, 0.6) is 0 Å². The molecular formula is C24H26N4O2S2. The predicted octanol–water partition coefficient (Wildman–Crippen LogP) is 4.68. The molecule has 0 saturated carbocycles. The number of nitrogens with zero attached hydrogens (tertiary/aromatic N) is 4. The third kappa shape index (κ3) is 4.01. The van der Waals surface area contributed by atoms with E-state index in [2.05, 4.69) is 18.8 Å². The molecule has 0 atom stereocenters. The molecule has 8 heteroatoms. The fraction of sp³-hybridized carbons (Fsp3) is 0.417. The highest BCUT2D eigenvalue weighted by Crippen LogP contribution is 2.35. The molecule has 0 bridgehead atoms. The number of fused-ring (bicyclic) bond motifs is 4. The van der Waals surface area contributed by atoms with Gasteiger partial charge in [0.05, 0.1) is 11.1 Å². The van der Waals surface area contributed by atoms with Gasteiger partial charge in [0.15, 0.2) is 5.16 Å². The van der Waals surface area contributed by atoms with Gasteiger partial charge in [-0.2, -0.15) is 0 Å². The van der Waals surface area contributed by atoms with E-state index in [9.17, 15) is 9.59 Å². The molecule has 32 heavy (non-hydrogen) atoms. The molecule has 0 N–H and O–H groups in total. The second kappa shape index (κ2) is 8.83. The molecule has 1 aliphatic carbocycles. The summed E-state index contributed by atoms with van der Waals surface area (Å²) in [5.41, 5.74) is 2.54. The van der Waals surface area contributed by atoms with E-state index in [-0.39, 0.29) is 11.1 Å². The summed E-state index contributed by atoms with van der Waals surface area (Å²) in [4.78, 5) is 37.8. The van der Waals surface area contributed by atoms with Crippen molar-refractivity contribution in [1.82, 2.24) is 18.9 Å². The maximum absolute atomic E-state index is 13.6. The van der Waals surface area contributed by atoms with Crippen LogP contribution in [-0.4, -0.2) is 18.9 Å². The largest absolute Gasteiger partial charge is 0.287 e. The Labute approximate surface area is 194 Å². The van der Waals surface area contributed by atoms with E-state index in [1.807, 2.05) is 22.8 Å². The number of pyridine rings is 1. The molecule has 4 heterocycles. The lowest BCUT2D eigenvalue weighted by atomic mass is 9.97. The van der Waals surface area contributed by atoms with Gasteiger partial charge >= 0.3 is 0 Å². The lowest BCUT2D eigenvalue weighted by Crippen LogP contribution is -2.24. The lowest BCUT2D eigenvalue weighted by Gasteiger charge is -2.14. The molecule has 0 radical (unpaired) electrons. The van der Waals surface area contributed by atoms with Crippen molar-refractivity contribution in [1.29, 1.82) is 0 Å². The quantitative estimate of drug-likeness (QED) is 0.305. The summed E-state index contributed by atoms with van der Waals surface area (Å²) in [5, 5.41) is 1.55. The maximum Gasteiger partial charge on any atom is 0.263 e. The second-order valence-electron chi connectivity index (χ2n) is 8.73. The summed E-state index contributed by atoms with van der Waals surface area (Å²) in [5.74, 6) is 0.986. The predicted molar refractivity (Wildman–Crippen MR) is 131 cm³/mol. The topological polar surface area (TPSA) is 69.3 Å². The van der Waals surface area contributed by atoms with Crippen LogP contribution in [0.3, 0.4) is 0 Å². The van der Waals surface area contributed by atoms with Crippen molar-refractivity contribution in [3.63, 3.8) is 0 Å². The minimum absolute atomic E-state index is 0.0871. The van der Waals surface area contributed by atoms with Crippen LogP contribution in [0.15, 0.2) is 45.2 Å².